The van der Waals surface area contributed by atoms with Gasteiger partial charge in [-0.25, -0.2) is 14.4 Å². The van der Waals surface area contributed by atoms with Crippen LogP contribution in [0.3, 0.4) is 0 Å². The lowest BCUT2D eigenvalue weighted by Crippen LogP contribution is -2.47. The monoisotopic (exact) mass is 929 g/mol. The van der Waals surface area contributed by atoms with Crippen molar-refractivity contribution < 1.29 is 71.8 Å². The zero-order valence-electron chi connectivity index (χ0n) is 41.9. The van der Waals surface area contributed by atoms with Crippen molar-refractivity contribution in [3.63, 3.8) is 0 Å². The van der Waals surface area contributed by atoms with Gasteiger partial charge >= 0.3 is 29.8 Å². The van der Waals surface area contributed by atoms with Gasteiger partial charge in [0.2, 0.25) is 13.3 Å². The summed E-state index contributed by atoms with van der Waals surface area (Å²) in [4.78, 5) is 65.9. The number of hydrogen-bond acceptors (Lipinski definition) is 13. The van der Waals surface area contributed by atoms with Crippen molar-refractivity contribution in [3.8, 4) is 0 Å². The van der Waals surface area contributed by atoms with E-state index in [0.717, 1.165) is 103 Å². The molecule has 0 aromatic rings. The van der Waals surface area contributed by atoms with Crippen molar-refractivity contribution in [2.75, 3.05) is 68.3 Å². The molecule has 0 heterocycles. The summed E-state index contributed by atoms with van der Waals surface area (Å²) >= 11 is 0. The maximum Gasteiger partial charge on any atom is 0.366 e. The molecule has 0 spiro atoms. The van der Waals surface area contributed by atoms with Gasteiger partial charge in [0.15, 0.2) is 6.54 Å². The first-order valence-electron chi connectivity index (χ1n) is 24.7. The van der Waals surface area contributed by atoms with Crippen molar-refractivity contribution in [2.24, 2.45) is 0 Å². The van der Waals surface area contributed by atoms with Gasteiger partial charge in [-0.2, -0.15) is 0 Å². The Morgan fingerprint density at radius 2 is 0.985 bits per heavy atom. The Labute approximate surface area is 392 Å². The molecule has 4 unspecified atom stereocenters. The van der Waals surface area contributed by atoms with E-state index in [1.807, 2.05) is 32.3 Å². The third-order valence-corrected chi connectivity index (χ3v) is 11.0. The summed E-state index contributed by atoms with van der Waals surface area (Å²) < 4.78 is 26.9. The van der Waals surface area contributed by atoms with E-state index in [0.29, 0.717) is 56.2 Å². The molecule has 0 aromatic carbocycles. The number of rotatable bonds is 42. The number of nitrogens with zero attached hydrogens (tertiary/aromatic N) is 2. The highest BCUT2D eigenvalue weighted by molar-refractivity contribution is 5.72. The summed E-state index contributed by atoms with van der Waals surface area (Å²) in [6, 6.07) is 0. The van der Waals surface area contributed by atoms with Crippen molar-refractivity contribution in [2.45, 2.75) is 199 Å². The molecule has 0 aliphatic heterocycles. The molecule has 4 atom stereocenters. The Balaban J connectivity index is 4.10. The molecular weight excluding hydrogens is 837 g/mol. The van der Waals surface area contributed by atoms with E-state index >= 15 is 0 Å². The number of ether oxygens (including phenoxy) is 5. The van der Waals surface area contributed by atoms with Crippen molar-refractivity contribution in [1.29, 1.82) is 0 Å². The van der Waals surface area contributed by atoms with E-state index in [9.17, 15) is 34.2 Å². The average molecular weight is 929 g/mol. The lowest BCUT2D eigenvalue weighted by molar-refractivity contribution is -1.05. The fourth-order valence-electron chi connectivity index (χ4n) is 7.16. The minimum Gasteiger partial charge on any atom is -0.455 e. The quantitative estimate of drug-likeness (QED) is 0.0113. The Hall–Kier alpha value is -3.37. The summed E-state index contributed by atoms with van der Waals surface area (Å²) in [5.41, 5.74) is 0. The number of aliphatic hydroxyl groups excluding tert-OH is 2. The van der Waals surface area contributed by atoms with E-state index in [2.05, 4.69) is 19.9 Å². The normalized spacial score (nSPS) is 13.9. The van der Waals surface area contributed by atoms with Crippen LogP contribution in [-0.4, -0.2) is 142 Å². The molecule has 0 radical (unpaired) electrons. The number of esters is 4. The highest BCUT2D eigenvalue weighted by Gasteiger charge is 2.30. The fraction of sp³-hybridized carbons (Fsp3) is 0.820. The second-order valence-corrected chi connectivity index (χ2v) is 18.5. The number of methoxy groups -OCH3 is 1. The number of aliphatic hydroxyl groups is 2. The summed E-state index contributed by atoms with van der Waals surface area (Å²) in [6.45, 7) is 6.46. The standard InChI is InChI=1S/C50H92N2O13/c1-9-11-25-33-45(63-49(58)39-51(4,5)37-38-60-8)43(54)31-27-21-17-13-15-19-23-29-35-47(56)61-41-62-48(57)36-30-24-20-16-14-18-22-28-32-44(55)46(34-26-12-10-2)64-50(59)40-52(6,7)65-42(3)53/h21-22,27-28,43-46,54-55H,9-20,23-26,29-41H2,1-8H3/q+2/b27-21-,28-22-. The number of carbonyl (C=O) groups is 5. The molecule has 0 bridgehead atoms. The Kier molecular flexibility index (Phi) is 36.7. The predicted octanol–water partition coefficient (Wildman–Crippen LogP) is 8.37. The summed E-state index contributed by atoms with van der Waals surface area (Å²) in [5, 5.41) is 21.6. The smallest absolute Gasteiger partial charge is 0.366 e. The van der Waals surface area contributed by atoms with Gasteiger partial charge in [0.05, 0.1) is 32.9 Å². The third-order valence-electron chi connectivity index (χ3n) is 11.0. The second kappa shape index (κ2) is 38.7. The minimum absolute atomic E-state index is 0.150. The van der Waals surface area contributed by atoms with Crippen LogP contribution in [0.4, 0.5) is 0 Å². The van der Waals surface area contributed by atoms with Crippen LogP contribution in [0.5, 0.6) is 0 Å². The van der Waals surface area contributed by atoms with E-state index < -0.39 is 36.4 Å². The molecule has 0 saturated carbocycles. The van der Waals surface area contributed by atoms with Gasteiger partial charge in [0, 0.05) is 26.9 Å². The van der Waals surface area contributed by atoms with Crippen LogP contribution < -0.4 is 0 Å². The highest BCUT2D eigenvalue weighted by Crippen LogP contribution is 2.18. The van der Waals surface area contributed by atoms with Crippen LogP contribution in [0.15, 0.2) is 24.3 Å². The minimum atomic E-state index is -0.827. The van der Waals surface area contributed by atoms with Gasteiger partial charge in [-0.05, 0) is 77.0 Å². The molecule has 0 aromatic heterocycles. The zero-order chi connectivity index (χ0) is 48.8. The molecule has 2 N–H and O–H groups in total. The maximum atomic E-state index is 12.7. The first kappa shape index (κ1) is 61.6. The third kappa shape index (κ3) is 37.4. The highest BCUT2D eigenvalue weighted by atomic mass is 16.7. The van der Waals surface area contributed by atoms with Crippen LogP contribution in [0, 0.1) is 0 Å². The number of hydrogen-bond donors (Lipinski definition) is 2. The van der Waals surface area contributed by atoms with Crippen molar-refractivity contribution >= 4 is 29.8 Å². The number of hydroxylamine groups is 3. The van der Waals surface area contributed by atoms with Gasteiger partial charge in [-0.3, -0.25) is 14.4 Å². The maximum absolute atomic E-state index is 12.7. The number of allylic oxidation sites excluding steroid dienone is 2. The summed E-state index contributed by atoms with van der Waals surface area (Å²) in [7, 11) is 8.76. The summed E-state index contributed by atoms with van der Waals surface area (Å²) in [5.74, 6) is -2.07. The number of quaternary nitrogens is 2. The molecule has 0 rings (SSSR count). The molecule has 0 fully saturated rings. The van der Waals surface area contributed by atoms with Crippen LogP contribution in [0.2, 0.25) is 0 Å². The lowest BCUT2D eigenvalue weighted by atomic mass is 10.0. The van der Waals surface area contributed by atoms with Crippen LogP contribution >= 0.6 is 0 Å². The van der Waals surface area contributed by atoms with E-state index in [1.165, 1.54) is 6.92 Å². The largest absolute Gasteiger partial charge is 0.455 e. The average Bonchev–Trinajstić information content (AvgIpc) is 3.22. The Bertz CT molecular complexity index is 1340. The van der Waals surface area contributed by atoms with Crippen LogP contribution in [0.25, 0.3) is 0 Å². The fourth-order valence-corrected chi connectivity index (χ4v) is 7.16. The van der Waals surface area contributed by atoms with Gasteiger partial charge in [-0.1, -0.05) is 102 Å². The Morgan fingerprint density at radius 3 is 1.42 bits per heavy atom. The van der Waals surface area contributed by atoms with E-state index in [4.69, 9.17) is 28.5 Å². The molecule has 378 valence electrons. The molecule has 0 aliphatic carbocycles. The van der Waals surface area contributed by atoms with Gasteiger partial charge in [0.25, 0.3) is 0 Å². The molecule has 15 nitrogen and oxygen atoms in total. The topological polar surface area (TPSA) is 181 Å². The molecule has 0 aliphatic rings. The van der Waals surface area contributed by atoms with Crippen LogP contribution in [0.1, 0.15) is 175 Å². The number of unbranched alkanes of at least 4 members (excludes halogenated alkanes) is 14. The molecule has 0 saturated heterocycles. The van der Waals surface area contributed by atoms with Gasteiger partial charge in [-0.15, -0.1) is 4.65 Å². The molecule has 0 amide bonds. The Morgan fingerprint density at radius 1 is 0.554 bits per heavy atom. The first-order chi connectivity index (χ1) is 30.9. The lowest BCUT2D eigenvalue weighted by Gasteiger charge is -2.30. The molecule has 65 heavy (non-hydrogen) atoms. The van der Waals surface area contributed by atoms with Crippen molar-refractivity contribution in [1.82, 2.24) is 0 Å². The SMILES string of the molecule is CCCCCC(OC(=O)C[N+](C)(C)CCOC)C(O)C/C=C\CCCCCCCC(=O)OCOC(=O)CCCCCCC/C=C\CC(O)C(CCCCC)OC(=O)C[N+](C)(C)OC(C)=O. The van der Waals surface area contributed by atoms with E-state index in [1.54, 1.807) is 21.2 Å². The van der Waals surface area contributed by atoms with Crippen LogP contribution in [-0.2, 0) is 52.5 Å². The number of likely N-dealkylation sites (N-methyl/N-ethyl adjacent to an activating group) is 2. The first-order valence-corrected chi connectivity index (χ1v) is 24.7. The molecular formula is C50H92N2O13+2. The van der Waals surface area contributed by atoms with E-state index in [-0.39, 0.29) is 55.3 Å². The second-order valence-electron chi connectivity index (χ2n) is 18.5. The number of carbonyl (C=O) groups excluding carboxylic acids is 5. The molecule has 15 heteroatoms. The van der Waals surface area contributed by atoms with Gasteiger partial charge in [0.1, 0.15) is 32.8 Å². The van der Waals surface area contributed by atoms with Gasteiger partial charge < -0.3 is 38.4 Å². The predicted molar refractivity (Wildman–Crippen MR) is 252 cm³/mol. The zero-order valence-corrected chi connectivity index (χ0v) is 41.9. The van der Waals surface area contributed by atoms with Crippen molar-refractivity contribution in [3.05, 3.63) is 24.3 Å². The summed E-state index contributed by atoms with van der Waals surface area (Å²) in [6.07, 6.45) is 24.6.